The van der Waals surface area contributed by atoms with Gasteiger partial charge < -0.3 is 15.4 Å². The average Bonchev–Trinajstić information content (AvgIpc) is 2.61. The lowest BCUT2D eigenvalue weighted by Gasteiger charge is -2.30. The second kappa shape index (κ2) is 7.62. The monoisotopic (exact) mass is 370 g/mol. The maximum absolute atomic E-state index is 12.9. The van der Waals surface area contributed by atoms with Gasteiger partial charge in [0.1, 0.15) is 0 Å². The molecule has 1 atom stereocenters. The molecule has 0 radical (unpaired) electrons. The summed E-state index contributed by atoms with van der Waals surface area (Å²) in [6.07, 6.45) is -0.282. The number of ether oxygens (including phenoxy) is 1. The van der Waals surface area contributed by atoms with Crippen molar-refractivity contribution in [2.45, 2.75) is 26.0 Å². The van der Waals surface area contributed by atoms with Gasteiger partial charge in [0.25, 0.3) is 0 Å². The predicted octanol–water partition coefficient (Wildman–Crippen LogP) is 4.06. The number of carbonyl (C=O) groups excluding carboxylic acids is 2. The number of urea groups is 1. The third-order valence-electron chi connectivity index (χ3n) is 3.90. The van der Waals surface area contributed by atoms with Crippen molar-refractivity contribution in [3.8, 4) is 0 Å². The van der Waals surface area contributed by atoms with Gasteiger partial charge in [-0.25, -0.2) is 9.59 Å². The molecule has 0 saturated heterocycles. The van der Waals surface area contributed by atoms with Gasteiger partial charge >= 0.3 is 12.0 Å². The number of nitrogens with one attached hydrogen (secondary N) is 2. The van der Waals surface area contributed by atoms with Crippen LogP contribution in [0.25, 0.3) is 5.70 Å². The minimum Gasteiger partial charge on any atom is -0.459 e. The molecule has 5 nitrogen and oxygen atoms in total. The van der Waals surface area contributed by atoms with E-state index in [2.05, 4.69) is 10.6 Å². The molecule has 0 aromatic heterocycles. The summed E-state index contributed by atoms with van der Waals surface area (Å²) in [5, 5.41) is 6.13. The summed E-state index contributed by atoms with van der Waals surface area (Å²) in [6, 6.07) is 15.2. The van der Waals surface area contributed by atoms with Crippen molar-refractivity contribution in [3.05, 3.63) is 76.3 Å². The van der Waals surface area contributed by atoms with E-state index >= 15 is 0 Å². The highest BCUT2D eigenvalue weighted by Crippen LogP contribution is 2.32. The molecule has 1 aliphatic rings. The molecular formula is C20H19ClN2O3. The Labute approximate surface area is 157 Å². The molecule has 26 heavy (non-hydrogen) atoms. The number of benzene rings is 2. The van der Waals surface area contributed by atoms with E-state index in [4.69, 9.17) is 16.3 Å². The fourth-order valence-corrected chi connectivity index (χ4v) is 2.93. The van der Waals surface area contributed by atoms with Gasteiger partial charge in [0.2, 0.25) is 0 Å². The first-order chi connectivity index (χ1) is 12.5. The number of hydrogen-bond donors (Lipinski definition) is 2. The highest BCUT2D eigenvalue weighted by Gasteiger charge is 2.34. The van der Waals surface area contributed by atoms with Gasteiger partial charge in [0.05, 0.1) is 23.4 Å². The van der Waals surface area contributed by atoms with Crippen molar-refractivity contribution >= 4 is 29.3 Å². The maximum Gasteiger partial charge on any atom is 0.338 e. The molecule has 0 aliphatic carbocycles. The smallest absolute Gasteiger partial charge is 0.338 e. The van der Waals surface area contributed by atoms with E-state index in [-0.39, 0.29) is 12.1 Å². The Hall–Kier alpha value is -2.79. The molecule has 2 aromatic rings. The van der Waals surface area contributed by atoms with E-state index in [0.29, 0.717) is 16.3 Å². The van der Waals surface area contributed by atoms with Gasteiger partial charge in [-0.15, -0.1) is 0 Å². The number of rotatable bonds is 4. The molecule has 2 N–H and O–H groups in total. The molecule has 0 bridgehead atoms. The van der Waals surface area contributed by atoms with Crippen LogP contribution in [0.2, 0.25) is 5.02 Å². The van der Waals surface area contributed by atoms with E-state index in [9.17, 15) is 9.59 Å². The van der Waals surface area contributed by atoms with Gasteiger partial charge in [0.15, 0.2) is 0 Å². The summed E-state index contributed by atoms with van der Waals surface area (Å²) in [4.78, 5) is 25.1. The minimum absolute atomic E-state index is 0.282. The highest BCUT2D eigenvalue weighted by atomic mass is 35.5. The number of amides is 2. The third kappa shape index (κ3) is 3.89. The van der Waals surface area contributed by atoms with E-state index in [0.717, 1.165) is 11.1 Å². The SMILES string of the molecule is CC(C)OC(=O)C1=C(c2ccccc2)NC(=O)NC1c1ccc(Cl)cc1. The summed E-state index contributed by atoms with van der Waals surface area (Å²) in [5.74, 6) is -0.480. The standard InChI is InChI=1S/C20H19ClN2O3/c1-12(2)26-19(24)16-17(13-6-4-3-5-7-13)22-20(25)23-18(16)14-8-10-15(21)11-9-14/h3-12,18H,1-2H3,(H2,22,23,25). The Morgan fingerprint density at radius 3 is 2.35 bits per heavy atom. The number of hydrogen-bond acceptors (Lipinski definition) is 3. The molecule has 6 heteroatoms. The van der Waals surface area contributed by atoms with E-state index in [1.165, 1.54) is 0 Å². The normalized spacial score (nSPS) is 16.9. The Morgan fingerprint density at radius 1 is 1.08 bits per heavy atom. The van der Waals surface area contributed by atoms with Crippen LogP contribution in [0, 0.1) is 0 Å². The average molecular weight is 371 g/mol. The van der Waals surface area contributed by atoms with Crippen LogP contribution in [0.1, 0.15) is 31.0 Å². The van der Waals surface area contributed by atoms with Crippen LogP contribution >= 0.6 is 11.6 Å². The van der Waals surface area contributed by atoms with Crippen LogP contribution in [0.5, 0.6) is 0 Å². The van der Waals surface area contributed by atoms with Crippen molar-refractivity contribution < 1.29 is 14.3 Å². The second-order valence-corrected chi connectivity index (χ2v) is 6.63. The van der Waals surface area contributed by atoms with Crippen LogP contribution < -0.4 is 10.6 Å². The largest absolute Gasteiger partial charge is 0.459 e. The van der Waals surface area contributed by atoms with Gasteiger partial charge in [0, 0.05) is 5.02 Å². The highest BCUT2D eigenvalue weighted by molar-refractivity contribution is 6.30. The Morgan fingerprint density at radius 2 is 1.73 bits per heavy atom. The molecular weight excluding hydrogens is 352 g/mol. The zero-order chi connectivity index (χ0) is 18.7. The summed E-state index contributed by atoms with van der Waals surface area (Å²) < 4.78 is 5.44. The molecule has 0 fully saturated rings. The fraction of sp³-hybridized carbons (Fsp3) is 0.200. The zero-order valence-electron chi connectivity index (χ0n) is 14.5. The fourth-order valence-electron chi connectivity index (χ4n) is 2.80. The summed E-state index contributed by atoms with van der Waals surface area (Å²) in [6.45, 7) is 3.57. The van der Waals surface area contributed by atoms with Crippen LogP contribution in [0.3, 0.4) is 0 Å². The van der Waals surface area contributed by atoms with Crippen LogP contribution in [0.15, 0.2) is 60.2 Å². The van der Waals surface area contributed by atoms with E-state index in [1.54, 1.807) is 38.1 Å². The lowest BCUT2D eigenvalue weighted by atomic mass is 9.92. The minimum atomic E-state index is -0.637. The quantitative estimate of drug-likeness (QED) is 0.797. The Balaban J connectivity index is 2.15. The van der Waals surface area contributed by atoms with E-state index < -0.39 is 12.0 Å². The molecule has 2 amide bonds. The van der Waals surface area contributed by atoms with Gasteiger partial charge in [-0.2, -0.15) is 0 Å². The molecule has 0 saturated carbocycles. The molecule has 0 spiro atoms. The second-order valence-electron chi connectivity index (χ2n) is 6.19. The van der Waals surface area contributed by atoms with Crippen LogP contribution in [0.4, 0.5) is 4.79 Å². The molecule has 2 aromatic carbocycles. The molecule has 1 unspecified atom stereocenters. The van der Waals surface area contributed by atoms with E-state index in [1.807, 2.05) is 30.3 Å². The summed E-state index contributed by atoms with van der Waals surface area (Å²) in [5.41, 5.74) is 2.28. The molecule has 3 rings (SSSR count). The Bertz CT molecular complexity index is 845. The van der Waals surface area contributed by atoms with Crippen molar-refractivity contribution in [3.63, 3.8) is 0 Å². The van der Waals surface area contributed by atoms with Crippen LogP contribution in [-0.2, 0) is 9.53 Å². The first kappa shape index (κ1) is 18.0. The van der Waals surface area contributed by atoms with Crippen molar-refractivity contribution in [1.82, 2.24) is 10.6 Å². The number of esters is 1. The van der Waals surface area contributed by atoms with Crippen molar-refractivity contribution in [2.24, 2.45) is 0 Å². The first-order valence-corrected chi connectivity index (χ1v) is 8.67. The van der Waals surface area contributed by atoms with Crippen molar-refractivity contribution in [2.75, 3.05) is 0 Å². The Kier molecular flexibility index (Phi) is 5.28. The maximum atomic E-state index is 12.9. The van der Waals surface area contributed by atoms with Gasteiger partial charge in [-0.3, -0.25) is 0 Å². The lowest BCUT2D eigenvalue weighted by Crippen LogP contribution is -2.45. The summed E-state index contributed by atoms with van der Waals surface area (Å²) in [7, 11) is 0. The topological polar surface area (TPSA) is 67.4 Å². The van der Waals surface area contributed by atoms with Crippen LogP contribution in [-0.4, -0.2) is 18.1 Å². The lowest BCUT2D eigenvalue weighted by molar-refractivity contribution is -0.143. The molecule has 1 aliphatic heterocycles. The predicted molar refractivity (Wildman–Crippen MR) is 100 cm³/mol. The number of carbonyl (C=O) groups is 2. The molecule has 134 valence electrons. The third-order valence-corrected chi connectivity index (χ3v) is 4.15. The summed E-state index contributed by atoms with van der Waals surface area (Å²) >= 11 is 5.97. The van der Waals surface area contributed by atoms with Crippen molar-refractivity contribution in [1.29, 1.82) is 0 Å². The zero-order valence-corrected chi connectivity index (χ0v) is 15.2. The van der Waals surface area contributed by atoms with Gasteiger partial charge in [-0.1, -0.05) is 54.1 Å². The first-order valence-electron chi connectivity index (χ1n) is 8.29. The van der Waals surface area contributed by atoms with Gasteiger partial charge in [-0.05, 0) is 37.1 Å². The number of halogens is 1. The molecule has 1 heterocycles.